The highest BCUT2D eigenvalue weighted by Crippen LogP contribution is 2.35. The first kappa shape index (κ1) is 27.9. The third kappa shape index (κ3) is 8.18. The van der Waals surface area contributed by atoms with E-state index in [9.17, 15) is 23.9 Å². The number of aliphatic hydroxyl groups is 1. The smallest absolute Gasteiger partial charge is 0.340 e. The second-order valence-corrected chi connectivity index (χ2v) is 9.77. The molecule has 1 aromatic carbocycles. The standard InChI is InChI=1S/C27H31F2N5O3/c1-27(2,36)10-9-18-12-23(28)22-8-7-19(17-34(3,37)24(22)13-18)15-31-26(35)32-16-20(14-30)11-21-5-4-6-25(29)33-21/h4-6,12-14,16,19,36H,7-8,11,15,17,30H2,1-3H3,(H,31,35)/b20-14-,32-16+. The number of benzene rings is 1. The molecule has 2 aromatic rings. The lowest BCUT2D eigenvalue weighted by Crippen LogP contribution is -2.44. The predicted molar refractivity (Wildman–Crippen MR) is 139 cm³/mol. The van der Waals surface area contributed by atoms with Gasteiger partial charge in [0.2, 0.25) is 5.95 Å². The molecule has 0 spiro atoms. The molecule has 3 rings (SSSR count). The quantitative estimate of drug-likeness (QED) is 0.187. The first-order valence-electron chi connectivity index (χ1n) is 11.9. The molecule has 196 valence electrons. The Bertz CT molecular complexity index is 1270. The molecule has 1 aromatic heterocycles. The number of pyridine rings is 1. The minimum atomic E-state index is -1.25. The summed E-state index contributed by atoms with van der Waals surface area (Å²) in [7, 11) is 1.45. The molecule has 37 heavy (non-hydrogen) atoms. The van der Waals surface area contributed by atoms with E-state index in [1.807, 2.05) is 0 Å². The Morgan fingerprint density at radius 2 is 2.16 bits per heavy atom. The summed E-state index contributed by atoms with van der Waals surface area (Å²) in [4.78, 5) is 19.9. The molecule has 2 unspecified atom stereocenters. The number of aromatic nitrogens is 1. The summed E-state index contributed by atoms with van der Waals surface area (Å²) in [5.74, 6) is 4.02. The van der Waals surface area contributed by atoms with Crippen molar-refractivity contribution in [1.29, 1.82) is 0 Å². The SMILES string of the molecule is CC(C)(O)C#Cc1cc(F)c2c(c1)[N+](C)([O-])CC(CNC(=O)/N=C/C(=C\N)Cc1cccc(F)n1)CC2. The molecule has 0 saturated carbocycles. The van der Waals surface area contributed by atoms with Crippen LogP contribution >= 0.6 is 0 Å². The molecule has 2 amide bonds. The number of halogens is 2. The van der Waals surface area contributed by atoms with Crippen molar-refractivity contribution in [2.24, 2.45) is 16.6 Å². The van der Waals surface area contributed by atoms with E-state index in [4.69, 9.17) is 5.73 Å². The number of quaternary nitrogens is 1. The number of hydrogen-bond acceptors (Lipinski definition) is 5. The van der Waals surface area contributed by atoms with Crippen LogP contribution in [0.3, 0.4) is 0 Å². The van der Waals surface area contributed by atoms with Crippen LogP contribution in [0.5, 0.6) is 0 Å². The van der Waals surface area contributed by atoms with Gasteiger partial charge in [-0.2, -0.15) is 4.39 Å². The Morgan fingerprint density at radius 1 is 1.41 bits per heavy atom. The molecule has 1 aliphatic rings. The largest absolute Gasteiger partial charge is 0.628 e. The number of allylic oxidation sites excluding steroid dienone is 1. The highest BCUT2D eigenvalue weighted by atomic mass is 19.1. The fraction of sp³-hybridized carbons (Fsp3) is 0.370. The summed E-state index contributed by atoms with van der Waals surface area (Å²) in [6.07, 6.45) is 3.58. The van der Waals surface area contributed by atoms with Crippen molar-refractivity contribution >= 4 is 17.9 Å². The minimum absolute atomic E-state index is 0.123. The van der Waals surface area contributed by atoms with Crippen LogP contribution in [-0.4, -0.2) is 48.1 Å². The van der Waals surface area contributed by atoms with E-state index < -0.39 is 28.0 Å². The molecule has 0 saturated heterocycles. The van der Waals surface area contributed by atoms with Crippen molar-refractivity contribution < 1.29 is 18.7 Å². The number of urea groups is 1. The first-order valence-corrected chi connectivity index (χ1v) is 11.9. The minimum Gasteiger partial charge on any atom is -0.628 e. The van der Waals surface area contributed by atoms with Gasteiger partial charge in [0.25, 0.3) is 0 Å². The molecule has 1 aliphatic heterocycles. The molecular formula is C27H31F2N5O3. The number of hydrogen-bond donors (Lipinski definition) is 3. The highest BCUT2D eigenvalue weighted by molar-refractivity contribution is 5.90. The number of nitrogens with two attached hydrogens (primary N) is 1. The summed E-state index contributed by atoms with van der Waals surface area (Å²) in [5.41, 5.74) is 6.20. The average Bonchev–Trinajstić information content (AvgIpc) is 2.94. The monoisotopic (exact) mass is 511 g/mol. The van der Waals surface area contributed by atoms with Crippen LogP contribution in [-0.2, 0) is 12.8 Å². The van der Waals surface area contributed by atoms with Gasteiger partial charge in [-0.05, 0) is 56.7 Å². The van der Waals surface area contributed by atoms with Crippen LogP contribution < -0.4 is 15.7 Å². The van der Waals surface area contributed by atoms with E-state index in [2.05, 4.69) is 27.1 Å². The summed E-state index contributed by atoms with van der Waals surface area (Å²) in [6, 6.07) is 6.62. The molecule has 10 heteroatoms. The second-order valence-electron chi connectivity index (χ2n) is 9.77. The van der Waals surface area contributed by atoms with Gasteiger partial charge in [0.1, 0.15) is 17.1 Å². The maximum Gasteiger partial charge on any atom is 0.340 e. The van der Waals surface area contributed by atoms with Crippen LogP contribution in [0.1, 0.15) is 37.1 Å². The fourth-order valence-corrected chi connectivity index (χ4v) is 4.11. The van der Waals surface area contributed by atoms with Gasteiger partial charge in [0.05, 0.1) is 13.6 Å². The van der Waals surface area contributed by atoms with Crippen molar-refractivity contribution in [3.8, 4) is 11.8 Å². The second kappa shape index (κ2) is 11.6. The van der Waals surface area contributed by atoms with Crippen molar-refractivity contribution in [3.05, 3.63) is 75.9 Å². The Labute approximate surface area is 215 Å². The lowest BCUT2D eigenvalue weighted by atomic mass is 9.99. The topological polar surface area (TPSA) is 124 Å². The number of amides is 2. The Morgan fingerprint density at radius 3 is 2.84 bits per heavy atom. The molecule has 2 heterocycles. The van der Waals surface area contributed by atoms with Gasteiger partial charge in [0, 0.05) is 48.0 Å². The number of carbonyl (C=O) groups is 1. The zero-order valence-electron chi connectivity index (χ0n) is 21.1. The number of fused-ring (bicyclic) bond motifs is 1. The molecule has 2 atom stereocenters. The van der Waals surface area contributed by atoms with Crippen molar-refractivity contribution in [3.63, 3.8) is 0 Å². The third-order valence-electron chi connectivity index (χ3n) is 5.87. The van der Waals surface area contributed by atoms with Gasteiger partial charge in [-0.25, -0.2) is 19.2 Å². The number of hydroxylamine groups is 2. The van der Waals surface area contributed by atoms with Crippen molar-refractivity contribution in [1.82, 2.24) is 14.9 Å². The van der Waals surface area contributed by atoms with Crippen LogP contribution in [0, 0.1) is 34.7 Å². The summed E-state index contributed by atoms with van der Waals surface area (Å²) in [5, 5.41) is 26.0. The van der Waals surface area contributed by atoms with Crippen LogP contribution in [0.25, 0.3) is 0 Å². The van der Waals surface area contributed by atoms with Crippen molar-refractivity contribution in [2.45, 2.75) is 38.7 Å². The summed E-state index contributed by atoms with van der Waals surface area (Å²) >= 11 is 0. The van der Waals surface area contributed by atoms with E-state index >= 15 is 0 Å². The molecule has 0 fully saturated rings. The lowest BCUT2D eigenvalue weighted by molar-refractivity contribution is 0.143. The maximum absolute atomic E-state index is 14.9. The molecular weight excluding hydrogens is 480 g/mol. The first-order chi connectivity index (χ1) is 17.4. The van der Waals surface area contributed by atoms with Crippen LogP contribution in [0.15, 0.2) is 47.1 Å². The zero-order chi connectivity index (χ0) is 27.2. The summed E-state index contributed by atoms with van der Waals surface area (Å²) in [6.45, 7) is 3.34. The van der Waals surface area contributed by atoms with Gasteiger partial charge in [-0.15, -0.1) is 0 Å². The van der Waals surface area contributed by atoms with Gasteiger partial charge in [0.15, 0.2) is 0 Å². The predicted octanol–water partition coefficient (Wildman–Crippen LogP) is 3.35. The normalized spacial score (nSPS) is 20.1. The van der Waals surface area contributed by atoms with E-state index in [0.717, 1.165) is 0 Å². The number of nitrogens with zero attached hydrogens (tertiary/aromatic N) is 3. The Hall–Kier alpha value is -3.65. The molecule has 0 radical (unpaired) electrons. The number of nitrogens with one attached hydrogen (secondary N) is 1. The highest BCUT2D eigenvalue weighted by Gasteiger charge is 2.31. The van der Waals surface area contributed by atoms with E-state index in [1.54, 1.807) is 12.1 Å². The fourth-order valence-electron chi connectivity index (χ4n) is 4.11. The lowest BCUT2D eigenvalue weighted by Gasteiger charge is -2.40. The summed E-state index contributed by atoms with van der Waals surface area (Å²) < 4.78 is 27.4. The Kier molecular flexibility index (Phi) is 8.76. The van der Waals surface area contributed by atoms with Gasteiger partial charge in [-0.1, -0.05) is 17.9 Å². The van der Waals surface area contributed by atoms with Crippen LogP contribution in [0.2, 0.25) is 0 Å². The number of aliphatic imine (C=N–C) groups is 1. The third-order valence-corrected chi connectivity index (χ3v) is 5.87. The number of carbonyl (C=O) groups excluding carboxylic acids is 1. The molecule has 0 bridgehead atoms. The van der Waals surface area contributed by atoms with Gasteiger partial charge in [-0.3, -0.25) is 0 Å². The van der Waals surface area contributed by atoms with Gasteiger partial charge >= 0.3 is 6.03 Å². The molecule has 4 N–H and O–H groups in total. The van der Waals surface area contributed by atoms with Crippen LogP contribution in [0.4, 0.5) is 19.3 Å². The maximum atomic E-state index is 14.9. The van der Waals surface area contributed by atoms with E-state index in [0.29, 0.717) is 35.2 Å². The average molecular weight is 512 g/mol. The van der Waals surface area contributed by atoms with Gasteiger partial charge < -0.3 is 26.0 Å². The zero-order valence-corrected chi connectivity index (χ0v) is 21.1. The Balaban J connectivity index is 1.64. The van der Waals surface area contributed by atoms with E-state index in [-0.39, 0.29) is 31.1 Å². The van der Waals surface area contributed by atoms with Crippen molar-refractivity contribution in [2.75, 3.05) is 20.1 Å². The van der Waals surface area contributed by atoms with E-state index in [1.165, 1.54) is 51.5 Å². The molecule has 8 nitrogen and oxygen atoms in total. The molecule has 0 aliphatic carbocycles. The number of rotatable bonds is 5.